The molecule has 6 heteroatoms. The second-order valence-electron chi connectivity index (χ2n) is 3.88. The molecule has 2 aromatic heterocycles. The van der Waals surface area contributed by atoms with Crippen LogP contribution in [-0.4, -0.2) is 39.8 Å². The molecule has 0 fully saturated rings. The number of nitrogens with one attached hydrogen (secondary N) is 1. The maximum atomic E-state index is 5.01. The Hall–Kier alpha value is -1.69. The zero-order valence-electron chi connectivity index (χ0n) is 10.2. The Labute approximate surface area is 100 Å². The molecule has 0 atom stereocenters. The van der Waals surface area contributed by atoms with Gasteiger partial charge >= 0.3 is 0 Å². The molecule has 0 aromatic carbocycles. The number of anilines is 1. The fraction of sp³-hybridized carbons (Fsp3) is 0.545. The van der Waals surface area contributed by atoms with Crippen molar-refractivity contribution in [3.05, 3.63) is 18.1 Å². The van der Waals surface area contributed by atoms with E-state index in [2.05, 4.69) is 20.4 Å². The van der Waals surface area contributed by atoms with E-state index in [0.717, 1.165) is 37.5 Å². The van der Waals surface area contributed by atoms with Crippen LogP contribution in [0.5, 0.6) is 0 Å². The van der Waals surface area contributed by atoms with E-state index in [-0.39, 0.29) is 0 Å². The van der Waals surface area contributed by atoms with E-state index in [1.807, 2.05) is 13.0 Å². The topological polar surface area (TPSA) is 64.3 Å². The fourth-order valence-electron chi connectivity index (χ4n) is 1.64. The Balaban J connectivity index is 2.00. The molecule has 2 rings (SSSR count). The normalized spacial score (nSPS) is 10.9. The van der Waals surface area contributed by atoms with Crippen molar-refractivity contribution in [3.8, 4) is 0 Å². The summed E-state index contributed by atoms with van der Waals surface area (Å²) in [4.78, 5) is 8.36. The molecule has 6 nitrogen and oxygen atoms in total. The van der Waals surface area contributed by atoms with Gasteiger partial charge in [0.1, 0.15) is 12.1 Å². The van der Waals surface area contributed by atoms with Crippen LogP contribution in [0.15, 0.2) is 12.4 Å². The summed E-state index contributed by atoms with van der Waals surface area (Å²) in [6.07, 6.45) is 3.62. The van der Waals surface area contributed by atoms with Crippen LogP contribution in [0.1, 0.15) is 18.5 Å². The average Bonchev–Trinajstić information content (AvgIpc) is 2.76. The van der Waals surface area contributed by atoms with Gasteiger partial charge in [-0.2, -0.15) is 14.6 Å². The highest BCUT2D eigenvalue weighted by atomic mass is 16.5. The summed E-state index contributed by atoms with van der Waals surface area (Å²) in [7, 11) is 1.72. The maximum absolute atomic E-state index is 5.01. The summed E-state index contributed by atoms with van der Waals surface area (Å²) in [5.74, 6) is 1.56. The smallest absolute Gasteiger partial charge is 0.254 e. The number of hydrogen-bond acceptors (Lipinski definition) is 5. The maximum Gasteiger partial charge on any atom is 0.254 e. The quantitative estimate of drug-likeness (QED) is 0.764. The van der Waals surface area contributed by atoms with Crippen LogP contribution in [0.2, 0.25) is 0 Å². The highest BCUT2D eigenvalue weighted by molar-refractivity contribution is 5.44. The molecule has 0 aliphatic rings. The predicted octanol–water partition coefficient (Wildman–Crippen LogP) is 1.27. The lowest BCUT2D eigenvalue weighted by atomic mass is 10.3. The van der Waals surface area contributed by atoms with Gasteiger partial charge < -0.3 is 10.1 Å². The Kier molecular flexibility index (Phi) is 3.87. The zero-order chi connectivity index (χ0) is 12.1. The van der Waals surface area contributed by atoms with E-state index in [1.165, 1.54) is 6.33 Å². The van der Waals surface area contributed by atoms with Crippen molar-refractivity contribution in [3.63, 3.8) is 0 Å². The standard InChI is InChI=1S/C11H17N5O/c1-9-7-10(12-5-3-4-6-17-2)16-11(15-9)13-8-14-16/h7-8,12H,3-6H2,1-2H3. The molecule has 0 saturated carbocycles. The third-order valence-electron chi connectivity index (χ3n) is 2.46. The number of fused-ring (bicyclic) bond motifs is 1. The number of aryl methyl sites for hydroxylation is 1. The summed E-state index contributed by atoms with van der Waals surface area (Å²) in [6, 6.07) is 1.97. The van der Waals surface area contributed by atoms with E-state index < -0.39 is 0 Å². The number of rotatable bonds is 6. The minimum atomic E-state index is 0.629. The van der Waals surface area contributed by atoms with Crippen molar-refractivity contribution in [2.45, 2.75) is 19.8 Å². The van der Waals surface area contributed by atoms with Crippen molar-refractivity contribution in [1.29, 1.82) is 0 Å². The fourth-order valence-corrected chi connectivity index (χ4v) is 1.64. The van der Waals surface area contributed by atoms with E-state index in [1.54, 1.807) is 11.6 Å². The average molecular weight is 235 g/mol. The van der Waals surface area contributed by atoms with Gasteiger partial charge in [-0.25, -0.2) is 4.98 Å². The van der Waals surface area contributed by atoms with Crippen molar-refractivity contribution in [2.75, 3.05) is 25.6 Å². The lowest BCUT2D eigenvalue weighted by Gasteiger charge is -2.08. The van der Waals surface area contributed by atoms with Crippen LogP contribution >= 0.6 is 0 Å². The van der Waals surface area contributed by atoms with Crippen LogP contribution < -0.4 is 5.32 Å². The number of nitrogens with zero attached hydrogens (tertiary/aromatic N) is 4. The van der Waals surface area contributed by atoms with Gasteiger partial charge in [0, 0.05) is 32.0 Å². The summed E-state index contributed by atoms with van der Waals surface area (Å²) in [6.45, 7) is 3.64. The lowest BCUT2D eigenvalue weighted by Crippen LogP contribution is -2.08. The summed E-state index contributed by atoms with van der Waals surface area (Å²) < 4.78 is 6.72. The van der Waals surface area contributed by atoms with Gasteiger partial charge in [-0.05, 0) is 19.8 Å². The van der Waals surface area contributed by atoms with Crippen molar-refractivity contribution in [1.82, 2.24) is 19.6 Å². The van der Waals surface area contributed by atoms with Crippen molar-refractivity contribution in [2.24, 2.45) is 0 Å². The van der Waals surface area contributed by atoms with Gasteiger partial charge in [-0.15, -0.1) is 0 Å². The molecule has 0 aliphatic carbocycles. The van der Waals surface area contributed by atoms with Crippen LogP contribution in [0.25, 0.3) is 5.78 Å². The van der Waals surface area contributed by atoms with E-state index >= 15 is 0 Å². The molecule has 2 aromatic rings. The van der Waals surface area contributed by atoms with Crippen LogP contribution in [0.3, 0.4) is 0 Å². The molecule has 1 N–H and O–H groups in total. The largest absolute Gasteiger partial charge is 0.385 e. The molecule has 0 aliphatic heterocycles. The number of methoxy groups -OCH3 is 1. The van der Waals surface area contributed by atoms with Crippen LogP contribution in [-0.2, 0) is 4.74 Å². The molecule has 2 heterocycles. The highest BCUT2D eigenvalue weighted by Gasteiger charge is 2.04. The second kappa shape index (κ2) is 5.58. The van der Waals surface area contributed by atoms with Gasteiger partial charge in [0.25, 0.3) is 5.78 Å². The molecule has 0 amide bonds. The van der Waals surface area contributed by atoms with Gasteiger partial charge in [-0.3, -0.25) is 0 Å². The van der Waals surface area contributed by atoms with Crippen molar-refractivity contribution < 1.29 is 4.74 Å². The third-order valence-corrected chi connectivity index (χ3v) is 2.46. The number of unbranched alkanes of at least 4 members (excludes halogenated alkanes) is 1. The highest BCUT2D eigenvalue weighted by Crippen LogP contribution is 2.09. The van der Waals surface area contributed by atoms with Gasteiger partial charge in [0.2, 0.25) is 0 Å². The third kappa shape index (κ3) is 2.91. The first kappa shape index (κ1) is 11.8. The van der Waals surface area contributed by atoms with E-state index in [0.29, 0.717) is 5.78 Å². The summed E-state index contributed by atoms with van der Waals surface area (Å²) in [5, 5.41) is 7.47. The Bertz CT molecular complexity index is 482. The Morgan fingerprint density at radius 1 is 1.41 bits per heavy atom. The molecule has 0 spiro atoms. The second-order valence-corrected chi connectivity index (χ2v) is 3.88. The molecular weight excluding hydrogens is 218 g/mol. The summed E-state index contributed by atoms with van der Waals surface area (Å²) in [5.41, 5.74) is 0.935. The van der Waals surface area contributed by atoms with Gasteiger partial charge in [0.05, 0.1) is 0 Å². The first-order valence-corrected chi connectivity index (χ1v) is 5.71. The zero-order valence-corrected chi connectivity index (χ0v) is 10.2. The van der Waals surface area contributed by atoms with Gasteiger partial charge in [0.15, 0.2) is 0 Å². The minimum Gasteiger partial charge on any atom is -0.385 e. The monoisotopic (exact) mass is 235 g/mol. The van der Waals surface area contributed by atoms with E-state index in [9.17, 15) is 0 Å². The molecule has 0 radical (unpaired) electrons. The molecule has 0 saturated heterocycles. The summed E-state index contributed by atoms with van der Waals surface area (Å²) >= 11 is 0. The first-order valence-electron chi connectivity index (χ1n) is 5.71. The predicted molar refractivity (Wildman–Crippen MR) is 65.1 cm³/mol. The van der Waals surface area contributed by atoms with Crippen LogP contribution in [0.4, 0.5) is 5.82 Å². The first-order chi connectivity index (χ1) is 8.31. The minimum absolute atomic E-state index is 0.629. The Morgan fingerprint density at radius 2 is 2.29 bits per heavy atom. The molecule has 92 valence electrons. The molecule has 0 bridgehead atoms. The molecular formula is C11H17N5O. The Morgan fingerprint density at radius 3 is 3.12 bits per heavy atom. The van der Waals surface area contributed by atoms with E-state index in [4.69, 9.17) is 4.74 Å². The number of hydrogen-bond donors (Lipinski definition) is 1. The lowest BCUT2D eigenvalue weighted by molar-refractivity contribution is 0.194. The van der Waals surface area contributed by atoms with Gasteiger partial charge in [-0.1, -0.05) is 0 Å². The molecule has 17 heavy (non-hydrogen) atoms. The van der Waals surface area contributed by atoms with Crippen molar-refractivity contribution >= 4 is 11.6 Å². The SMILES string of the molecule is COCCCCNc1cc(C)nc2ncnn12. The number of ether oxygens (including phenoxy) is 1. The number of aromatic nitrogens is 4. The molecule has 0 unspecified atom stereocenters. The van der Waals surface area contributed by atoms with Crippen LogP contribution in [0, 0.1) is 6.92 Å².